The lowest BCUT2D eigenvalue weighted by molar-refractivity contribution is -0.486. The van der Waals surface area contributed by atoms with Gasteiger partial charge in [0.25, 0.3) is 11.9 Å². The fraction of sp³-hybridized carbons (Fsp3) is 0.579. The van der Waals surface area contributed by atoms with Crippen molar-refractivity contribution in [1.29, 1.82) is 0 Å². The Morgan fingerprint density at radius 1 is 1.33 bits per heavy atom. The van der Waals surface area contributed by atoms with Crippen molar-refractivity contribution in [2.75, 3.05) is 26.2 Å². The molecule has 8 nitrogen and oxygen atoms in total. The van der Waals surface area contributed by atoms with Crippen LogP contribution in [0.1, 0.15) is 43.1 Å². The number of hydrazone groups is 1. The zero-order valence-electron chi connectivity index (χ0n) is 16.1. The number of guanidine groups is 1. The topological polar surface area (TPSA) is 88.3 Å². The molecule has 1 aromatic rings. The van der Waals surface area contributed by atoms with E-state index in [1.807, 2.05) is 37.8 Å². The highest BCUT2D eigenvalue weighted by Gasteiger charge is 2.39. The van der Waals surface area contributed by atoms with Gasteiger partial charge in [0.2, 0.25) is 0 Å². The van der Waals surface area contributed by atoms with Crippen molar-refractivity contribution in [3.05, 3.63) is 45.5 Å². The van der Waals surface area contributed by atoms with Gasteiger partial charge in [-0.05, 0) is 44.4 Å². The monoisotopic (exact) mass is 374 g/mol. The molecule has 146 valence electrons. The second kappa shape index (κ2) is 7.64. The molecule has 0 aliphatic carbocycles. The Labute approximate surface area is 158 Å². The molecule has 3 rings (SSSR count). The van der Waals surface area contributed by atoms with Gasteiger partial charge in [-0.1, -0.05) is 19.1 Å². The number of carbonyl (C=O) groups is 1. The summed E-state index contributed by atoms with van der Waals surface area (Å²) < 4.78 is 5.76. The van der Waals surface area contributed by atoms with Gasteiger partial charge in [0, 0.05) is 31.1 Å². The van der Waals surface area contributed by atoms with Crippen LogP contribution in [0.3, 0.4) is 0 Å². The Morgan fingerprint density at radius 2 is 2.04 bits per heavy atom. The normalized spacial score (nSPS) is 23.2. The van der Waals surface area contributed by atoms with E-state index in [1.54, 1.807) is 12.1 Å². The van der Waals surface area contributed by atoms with Crippen LogP contribution in [0.2, 0.25) is 0 Å². The molecule has 1 amide bonds. The maximum atomic E-state index is 12.9. The summed E-state index contributed by atoms with van der Waals surface area (Å²) in [5.41, 5.74) is 1.47. The highest BCUT2D eigenvalue weighted by atomic mass is 16.7. The molecule has 2 saturated heterocycles. The molecule has 2 heterocycles. The first-order chi connectivity index (χ1) is 12.8. The van der Waals surface area contributed by atoms with Crippen LogP contribution in [-0.4, -0.2) is 58.5 Å². The second-order valence-corrected chi connectivity index (χ2v) is 7.73. The molecule has 0 N–H and O–H groups in total. The van der Waals surface area contributed by atoms with Crippen LogP contribution in [0.25, 0.3) is 0 Å². The molecular formula is C19H26N4O4. The van der Waals surface area contributed by atoms with E-state index in [0.29, 0.717) is 31.8 Å². The zero-order valence-corrected chi connectivity index (χ0v) is 16.1. The lowest BCUT2D eigenvalue weighted by Crippen LogP contribution is -2.40. The number of rotatable bonds is 5. The van der Waals surface area contributed by atoms with Gasteiger partial charge < -0.3 is 9.64 Å². The molecule has 0 bridgehead atoms. The second-order valence-electron chi connectivity index (χ2n) is 7.73. The lowest BCUT2D eigenvalue weighted by Gasteiger charge is -2.22. The Kier molecular flexibility index (Phi) is 5.46. The Morgan fingerprint density at radius 3 is 2.59 bits per heavy atom. The average Bonchev–Trinajstić information content (AvgIpc) is 3.17. The van der Waals surface area contributed by atoms with Crippen molar-refractivity contribution < 1.29 is 14.6 Å². The van der Waals surface area contributed by atoms with Crippen molar-refractivity contribution in [3.8, 4) is 0 Å². The number of hydrogen-bond acceptors (Lipinski definition) is 4. The summed E-state index contributed by atoms with van der Waals surface area (Å²) in [4.78, 5) is 27.2. The largest absolute Gasteiger partial charge is 0.375 e. The third-order valence-corrected chi connectivity index (χ3v) is 5.11. The van der Waals surface area contributed by atoms with Crippen LogP contribution >= 0.6 is 0 Å². The van der Waals surface area contributed by atoms with E-state index < -0.39 is 5.03 Å². The predicted octanol–water partition coefficient (Wildman–Crippen LogP) is 2.37. The van der Waals surface area contributed by atoms with Gasteiger partial charge in [0.15, 0.2) is 5.03 Å². The maximum Gasteiger partial charge on any atom is 0.281 e. The Hall–Kier alpha value is -2.48. The van der Waals surface area contributed by atoms with E-state index in [0.717, 1.165) is 18.4 Å². The Bertz CT molecular complexity index is 745. The van der Waals surface area contributed by atoms with Gasteiger partial charge in [0.1, 0.15) is 5.10 Å². The van der Waals surface area contributed by atoms with E-state index in [1.165, 1.54) is 4.90 Å². The number of nitro groups is 1. The predicted molar refractivity (Wildman–Crippen MR) is 101 cm³/mol. The molecule has 1 aromatic carbocycles. The summed E-state index contributed by atoms with van der Waals surface area (Å²) >= 11 is 0. The molecule has 8 heteroatoms. The Balaban J connectivity index is 1.76. The first-order valence-corrected chi connectivity index (χ1v) is 9.32. The van der Waals surface area contributed by atoms with Gasteiger partial charge in [-0.3, -0.25) is 9.69 Å². The van der Waals surface area contributed by atoms with Crippen molar-refractivity contribution in [2.24, 2.45) is 11.0 Å². The van der Waals surface area contributed by atoms with Crippen LogP contribution in [0.15, 0.2) is 29.4 Å². The molecular weight excluding hydrogens is 348 g/mol. The summed E-state index contributed by atoms with van der Waals surface area (Å²) in [5, 5.41) is 13.9. The fourth-order valence-corrected chi connectivity index (χ4v) is 3.77. The fourth-order valence-electron chi connectivity index (χ4n) is 3.77. The van der Waals surface area contributed by atoms with E-state index in [-0.39, 0.29) is 23.4 Å². The summed E-state index contributed by atoms with van der Waals surface area (Å²) in [6.45, 7) is 8.25. The summed E-state index contributed by atoms with van der Waals surface area (Å²) in [6.07, 6.45) is 1.77. The lowest BCUT2D eigenvalue weighted by atomic mass is 9.97. The van der Waals surface area contributed by atoms with Gasteiger partial charge in [-0.25, -0.2) is 10.1 Å². The number of amides is 1. The number of nitrogens with zero attached hydrogens (tertiary/aromatic N) is 4. The summed E-state index contributed by atoms with van der Waals surface area (Å²) in [7, 11) is 0. The minimum absolute atomic E-state index is 0.120. The molecule has 0 radical (unpaired) electrons. The van der Waals surface area contributed by atoms with Crippen LogP contribution in [0.5, 0.6) is 0 Å². The van der Waals surface area contributed by atoms with Crippen LogP contribution in [-0.2, 0) is 11.2 Å². The molecule has 2 aliphatic heterocycles. The molecule has 0 spiro atoms. The standard InChI is InChI=1S/C19H26N4O4/c1-4-14-5-7-16(8-6-14)17(24)22-10-9-21(18(22)20-23(25)26)12-15-11-19(2,3)27-13-15/h5-8,15H,4,9-13H2,1-3H3. The third kappa shape index (κ3) is 4.44. The highest BCUT2D eigenvalue weighted by molar-refractivity contribution is 6.06. The molecule has 1 unspecified atom stereocenters. The molecule has 27 heavy (non-hydrogen) atoms. The first-order valence-electron chi connectivity index (χ1n) is 9.32. The smallest absolute Gasteiger partial charge is 0.281 e. The van der Waals surface area contributed by atoms with Crippen molar-refractivity contribution in [3.63, 3.8) is 0 Å². The van der Waals surface area contributed by atoms with Gasteiger partial charge >= 0.3 is 0 Å². The van der Waals surface area contributed by atoms with Gasteiger partial charge in [-0.2, -0.15) is 0 Å². The van der Waals surface area contributed by atoms with E-state index in [2.05, 4.69) is 5.10 Å². The SMILES string of the molecule is CCc1ccc(C(=O)N2CCN(CC3COC(C)(C)C3)C2=N[N+](=O)[O-])cc1. The first kappa shape index (κ1) is 19.3. The molecule has 1 atom stereocenters. The summed E-state index contributed by atoms with van der Waals surface area (Å²) in [6, 6.07) is 7.34. The number of benzene rings is 1. The quantitative estimate of drug-likeness (QED) is 0.583. The number of carbonyl (C=O) groups excluding carboxylic acids is 1. The zero-order chi connectivity index (χ0) is 19.6. The average molecular weight is 374 g/mol. The van der Waals surface area contributed by atoms with E-state index in [9.17, 15) is 14.9 Å². The number of ether oxygens (including phenoxy) is 1. The van der Waals surface area contributed by atoms with Crippen LogP contribution in [0, 0.1) is 16.0 Å². The van der Waals surface area contributed by atoms with E-state index in [4.69, 9.17) is 4.74 Å². The maximum absolute atomic E-state index is 12.9. The van der Waals surface area contributed by atoms with Crippen LogP contribution in [0.4, 0.5) is 0 Å². The molecule has 2 aliphatic rings. The molecule has 0 aromatic heterocycles. The third-order valence-electron chi connectivity index (χ3n) is 5.11. The van der Waals surface area contributed by atoms with Crippen molar-refractivity contribution in [2.45, 2.75) is 39.2 Å². The van der Waals surface area contributed by atoms with Gasteiger partial charge in [0.05, 0.1) is 12.2 Å². The van der Waals surface area contributed by atoms with E-state index >= 15 is 0 Å². The summed E-state index contributed by atoms with van der Waals surface area (Å²) in [5.74, 6) is 0.119. The highest BCUT2D eigenvalue weighted by Crippen LogP contribution is 2.30. The van der Waals surface area contributed by atoms with Crippen LogP contribution < -0.4 is 0 Å². The number of hydrogen-bond donors (Lipinski definition) is 0. The number of aryl methyl sites for hydroxylation is 1. The minimum atomic E-state index is -0.733. The van der Waals surface area contributed by atoms with Gasteiger partial charge in [-0.15, -0.1) is 0 Å². The minimum Gasteiger partial charge on any atom is -0.375 e. The molecule has 0 saturated carbocycles. The van der Waals surface area contributed by atoms with Crippen molar-refractivity contribution >= 4 is 11.9 Å². The molecule has 2 fully saturated rings. The van der Waals surface area contributed by atoms with Crippen molar-refractivity contribution in [1.82, 2.24) is 9.80 Å².